The summed E-state index contributed by atoms with van der Waals surface area (Å²) in [6.07, 6.45) is 5.54. The van der Waals surface area contributed by atoms with Crippen LogP contribution in [-0.4, -0.2) is 51.8 Å². The van der Waals surface area contributed by atoms with Crippen LogP contribution in [0.3, 0.4) is 0 Å². The van der Waals surface area contributed by atoms with E-state index in [0.29, 0.717) is 23.8 Å². The van der Waals surface area contributed by atoms with Crippen molar-refractivity contribution in [2.45, 2.75) is 43.0 Å². The maximum Gasteiger partial charge on any atom is 0.233 e. The number of carbonyl (C=O) groups is 2. The van der Waals surface area contributed by atoms with Crippen molar-refractivity contribution in [2.75, 3.05) is 23.7 Å². The van der Waals surface area contributed by atoms with Crippen molar-refractivity contribution in [2.24, 2.45) is 0 Å². The standard InChI is InChI=1S/C21H24N4O2S2/c1-2-18(26)25(17-8-9-17)20-22-23-21(29-20)28-14-19(27)24-12-10-16(11-13-24)15-6-4-3-5-7-15/h3-7,10,17H,2,8-9,11-14H2,1H3. The van der Waals surface area contributed by atoms with Gasteiger partial charge in [-0.2, -0.15) is 0 Å². The van der Waals surface area contributed by atoms with Crippen molar-refractivity contribution in [3.8, 4) is 0 Å². The molecule has 1 fully saturated rings. The van der Waals surface area contributed by atoms with E-state index in [1.54, 1.807) is 4.90 Å². The predicted octanol–water partition coefficient (Wildman–Crippen LogP) is 3.85. The fraction of sp³-hybridized carbons (Fsp3) is 0.429. The van der Waals surface area contributed by atoms with E-state index < -0.39 is 0 Å². The summed E-state index contributed by atoms with van der Waals surface area (Å²) in [6, 6.07) is 10.6. The third-order valence-electron chi connectivity index (χ3n) is 5.11. The average Bonchev–Trinajstić information content (AvgIpc) is 3.50. The minimum atomic E-state index is 0.0885. The lowest BCUT2D eigenvalue weighted by atomic mass is 10.00. The third-order valence-corrected chi connectivity index (χ3v) is 7.15. The molecular weight excluding hydrogens is 404 g/mol. The van der Waals surface area contributed by atoms with E-state index in [9.17, 15) is 9.59 Å². The number of anilines is 1. The van der Waals surface area contributed by atoms with E-state index >= 15 is 0 Å². The smallest absolute Gasteiger partial charge is 0.233 e. The Labute approximate surface area is 179 Å². The van der Waals surface area contributed by atoms with Crippen LogP contribution in [-0.2, 0) is 9.59 Å². The summed E-state index contributed by atoms with van der Waals surface area (Å²) >= 11 is 2.81. The molecule has 2 aliphatic rings. The molecule has 2 aromatic rings. The van der Waals surface area contributed by atoms with Crippen LogP contribution < -0.4 is 4.90 Å². The first-order valence-electron chi connectivity index (χ1n) is 9.96. The van der Waals surface area contributed by atoms with E-state index in [-0.39, 0.29) is 17.9 Å². The van der Waals surface area contributed by atoms with Crippen molar-refractivity contribution in [1.29, 1.82) is 0 Å². The normalized spacial score (nSPS) is 16.4. The second-order valence-electron chi connectivity index (χ2n) is 7.17. The summed E-state index contributed by atoms with van der Waals surface area (Å²) in [6.45, 7) is 3.25. The molecule has 4 rings (SSSR count). The Balaban J connectivity index is 1.31. The molecule has 0 saturated heterocycles. The Morgan fingerprint density at radius 2 is 2.03 bits per heavy atom. The zero-order valence-corrected chi connectivity index (χ0v) is 18.0. The van der Waals surface area contributed by atoms with Crippen LogP contribution in [0.2, 0.25) is 0 Å². The van der Waals surface area contributed by atoms with Gasteiger partial charge in [-0.1, -0.05) is 66.4 Å². The van der Waals surface area contributed by atoms with Crippen molar-refractivity contribution in [3.63, 3.8) is 0 Å². The number of nitrogens with zero attached hydrogens (tertiary/aromatic N) is 4. The molecule has 29 heavy (non-hydrogen) atoms. The number of benzene rings is 1. The molecule has 8 heteroatoms. The highest BCUT2D eigenvalue weighted by atomic mass is 32.2. The highest BCUT2D eigenvalue weighted by Crippen LogP contribution is 2.36. The fourth-order valence-electron chi connectivity index (χ4n) is 3.35. The third kappa shape index (κ3) is 4.87. The molecule has 6 nitrogen and oxygen atoms in total. The zero-order chi connectivity index (χ0) is 20.2. The van der Waals surface area contributed by atoms with Crippen molar-refractivity contribution >= 4 is 45.6 Å². The second-order valence-corrected chi connectivity index (χ2v) is 9.35. The number of thioether (sulfide) groups is 1. The molecule has 0 atom stereocenters. The van der Waals surface area contributed by atoms with Crippen LogP contribution in [0, 0.1) is 0 Å². The highest BCUT2D eigenvalue weighted by molar-refractivity contribution is 8.01. The van der Waals surface area contributed by atoms with Crippen LogP contribution in [0.15, 0.2) is 40.7 Å². The SMILES string of the molecule is CCC(=O)N(c1nnc(SCC(=O)N2CC=C(c3ccccc3)CC2)s1)C1CC1. The molecule has 0 bridgehead atoms. The molecule has 0 unspecified atom stereocenters. The van der Waals surface area contributed by atoms with E-state index in [1.165, 1.54) is 34.2 Å². The molecule has 1 aromatic carbocycles. The monoisotopic (exact) mass is 428 g/mol. The number of carbonyl (C=O) groups excluding carboxylic acids is 2. The first kappa shape index (κ1) is 20.1. The minimum absolute atomic E-state index is 0.0885. The average molecular weight is 429 g/mol. The van der Waals surface area contributed by atoms with E-state index in [0.717, 1.165) is 30.1 Å². The van der Waals surface area contributed by atoms with Gasteiger partial charge in [0, 0.05) is 25.6 Å². The van der Waals surface area contributed by atoms with Crippen LogP contribution in [0.1, 0.15) is 38.2 Å². The number of hydrogen-bond acceptors (Lipinski definition) is 6. The number of aromatic nitrogens is 2. The largest absolute Gasteiger partial charge is 0.338 e. The van der Waals surface area contributed by atoms with Gasteiger partial charge in [0.05, 0.1) is 5.75 Å². The van der Waals surface area contributed by atoms with Gasteiger partial charge in [0.15, 0.2) is 4.34 Å². The molecule has 2 heterocycles. The number of amides is 2. The topological polar surface area (TPSA) is 66.4 Å². The van der Waals surface area contributed by atoms with Gasteiger partial charge in [0.1, 0.15) is 0 Å². The van der Waals surface area contributed by atoms with Crippen LogP contribution in [0.25, 0.3) is 5.57 Å². The van der Waals surface area contributed by atoms with Crippen molar-refractivity contribution < 1.29 is 9.59 Å². The van der Waals surface area contributed by atoms with E-state index in [4.69, 9.17) is 0 Å². The first-order chi connectivity index (χ1) is 14.2. The van der Waals surface area contributed by atoms with Crippen LogP contribution in [0.5, 0.6) is 0 Å². The Kier molecular flexibility index (Phi) is 6.30. The van der Waals surface area contributed by atoms with Gasteiger partial charge in [0.25, 0.3) is 0 Å². The molecule has 152 valence electrons. The Morgan fingerprint density at radius 1 is 1.24 bits per heavy atom. The molecule has 1 aliphatic carbocycles. The quantitative estimate of drug-likeness (QED) is 0.495. The molecule has 1 aromatic heterocycles. The van der Waals surface area contributed by atoms with Gasteiger partial charge in [-0.3, -0.25) is 14.5 Å². The van der Waals surface area contributed by atoms with Crippen LogP contribution >= 0.6 is 23.1 Å². The lowest BCUT2D eigenvalue weighted by Gasteiger charge is -2.26. The maximum absolute atomic E-state index is 12.6. The highest BCUT2D eigenvalue weighted by Gasteiger charge is 2.35. The lowest BCUT2D eigenvalue weighted by molar-refractivity contribution is -0.128. The van der Waals surface area contributed by atoms with Crippen LogP contribution in [0.4, 0.5) is 5.13 Å². The summed E-state index contributed by atoms with van der Waals surface area (Å²) in [4.78, 5) is 28.5. The summed E-state index contributed by atoms with van der Waals surface area (Å²) < 4.78 is 0.737. The summed E-state index contributed by atoms with van der Waals surface area (Å²) in [5.74, 6) is 0.540. The van der Waals surface area contributed by atoms with Crippen molar-refractivity contribution in [3.05, 3.63) is 42.0 Å². The number of hydrogen-bond donors (Lipinski definition) is 0. The van der Waals surface area contributed by atoms with Gasteiger partial charge in [-0.05, 0) is 30.4 Å². The van der Waals surface area contributed by atoms with Gasteiger partial charge < -0.3 is 4.90 Å². The van der Waals surface area contributed by atoms with Gasteiger partial charge in [0.2, 0.25) is 16.9 Å². The van der Waals surface area contributed by atoms with Crippen molar-refractivity contribution in [1.82, 2.24) is 15.1 Å². The molecule has 1 aliphatic heterocycles. The van der Waals surface area contributed by atoms with E-state index in [2.05, 4.69) is 28.4 Å². The first-order valence-corrected chi connectivity index (χ1v) is 11.8. The molecule has 0 N–H and O–H groups in total. The Hall–Kier alpha value is -2.19. The molecular formula is C21H24N4O2S2. The lowest BCUT2D eigenvalue weighted by Crippen LogP contribution is -2.35. The molecule has 1 saturated carbocycles. The Morgan fingerprint density at radius 3 is 2.69 bits per heavy atom. The Bertz CT molecular complexity index is 908. The van der Waals surface area contributed by atoms with Gasteiger partial charge in [-0.25, -0.2) is 0 Å². The number of rotatable bonds is 7. The predicted molar refractivity (Wildman–Crippen MR) is 117 cm³/mol. The second kappa shape index (κ2) is 9.09. The van der Waals surface area contributed by atoms with E-state index in [1.807, 2.05) is 30.0 Å². The molecule has 2 amide bonds. The minimum Gasteiger partial charge on any atom is -0.338 e. The zero-order valence-electron chi connectivity index (χ0n) is 16.4. The summed E-state index contributed by atoms with van der Waals surface area (Å²) in [5.41, 5.74) is 2.54. The molecule has 0 radical (unpaired) electrons. The summed E-state index contributed by atoms with van der Waals surface area (Å²) in [5, 5.41) is 9.04. The fourth-order valence-corrected chi connectivity index (χ4v) is 5.19. The maximum atomic E-state index is 12.6. The van der Waals surface area contributed by atoms with Gasteiger partial charge in [-0.15, -0.1) is 10.2 Å². The molecule has 0 spiro atoms. The van der Waals surface area contributed by atoms with Gasteiger partial charge >= 0.3 is 0 Å². The summed E-state index contributed by atoms with van der Waals surface area (Å²) in [7, 11) is 0.